The van der Waals surface area contributed by atoms with Gasteiger partial charge < -0.3 is 9.64 Å². The molecule has 0 fully saturated rings. The molecule has 0 atom stereocenters. The number of halogens is 1. The quantitative estimate of drug-likeness (QED) is 0.780. The van der Waals surface area contributed by atoms with Crippen molar-refractivity contribution < 1.29 is 13.9 Å². The first kappa shape index (κ1) is 17.2. The summed E-state index contributed by atoms with van der Waals surface area (Å²) in [5, 5.41) is 0. The molecule has 4 heteroatoms. The number of hydrogen-bond donors (Lipinski definition) is 0. The Morgan fingerprint density at radius 3 is 2.80 bits per heavy atom. The van der Waals surface area contributed by atoms with Crippen LogP contribution in [-0.2, 0) is 6.42 Å². The first-order valence-electron chi connectivity index (χ1n) is 8.55. The Morgan fingerprint density at radius 2 is 2.08 bits per heavy atom. The SMILES string of the molecule is CC/C(=C\F)COc1ccc2c(c1)CCN(c1ccccc1C)C2=O. The smallest absolute Gasteiger partial charge is 0.258 e. The van der Waals surface area contributed by atoms with Gasteiger partial charge in [0.05, 0.1) is 6.33 Å². The molecule has 3 rings (SSSR count). The number of hydrogen-bond acceptors (Lipinski definition) is 2. The monoisotopic (exact) mass is 339 g/mol. The van der Waals surface area contributed by atoms with E-state index >= 15 is 0 Å². The summed E-state index contributed by atoms with van der Waals surface area (Å²) in [7, 11) is 0. The number of carbonyl (C=O) groups excluding carboxylic acids is 1. The molecule has 1 aliphatic heterocycles. The van der Waals surface area contributed by atoms with Crippen molar-refractivity contribution in [2.24, 2.45) is 0 Å². The van der Waals surface area contributed by atoms with Crippen LogP contribution in [0, 0.1) is 6.92 Å². The first-order valence-corrected chi connectivity index (χ1v) is 8.55. The van der Waals surface area contributed by atoms with E-state index in [1.54, 1.807) is 6.07 Å². The molecule has 3 nitrogen and oxygen atoms in total. The molecule has 1 heterocycles. The van der Waals surface area contributed by atoms with Crippen LogP contribution in [0.15, 0.2) is 54.4 Å². The highest BCUT2D eigenvalue weighted by atomic mass is 19.1. The van der Waals surface area contributed by atoms with Gasteiger partial charge in [0.25, 0.3) is 5.91 Å². The Labute approximate surface area is 147 Å². The van der Waals surface area contributed by atoms with E-state index in [1.807, 2.05) is 55.1 Å². The lowest BCUT2D eigenvalue weighted by Gasteiger charge is -2.30. The summed E-state index contributed by atoms with van der Waals surface area (Å²) in [6.45, 7) is 4.78. The molecule has 0 aliphatic carbocycles. The standard InChI is InChI=1S/C21H22FNO2/c1-3-16(13-22)14-25-18-8-9-19-17(12-18)10-11-23(21(19)24)20-7-5-4-6-15(20)2/h4-9,12-13H,3,10-11,14H2,1-2H3/b16-13+. The van der Waals surface area contributed by atoms with E-state index in [2.05, 4.69) is 0 Å². The average Bonchev–Trinajstić information content (AvgIpc) is 2.64. The molecule has 0 saturated heterocycles. The van der Waals surface area contributed by atoms with Crippen molar-refractivity contribution in [1.29, 1.82) is 0 Å². The number of aryl methyl sites for hydroxylation is 1. The molecule has 0 unspecified atom stereocenters. The van der Waals surface area contributed by atoms with Crippen LogP contribution in [0.3, 0.4) is 0 Å². The van der Waals surface area contributed by atoms with Gasteiger partial charge in [0, 0.05) is 17.8 Å². The van der Waals surface area contributed by atoms with E-state index in [-0.39, 0.29) is 12.5 Å². The molecule has 1 amide bonds. The van der Waals surface area contributed by atoms with Crippen molar-refractivity contribution in [3.05, 3.63) is 71.1 Å². The van der Waals surface area contributed by atoms with Crippen LogP contribution in [-0.4, -0.2) is 19.1 Å². The molecule has 0 N–H and O–H groups in total. The minimum Gasteiger partial charge on any atom is -0.489 e. The first-order chi connectivity index (χ1) is 12.1. The molecule has 130 valence electrons. The largest absolute Gasteiger partial charge is 0.489 e. The van der Waals surface area contributed by atoms with Crippen LogP contribution in [0.2, 0.25) is 0 Å². The van der Waals surface area contributed by atoms with Gasteiger partial charge in [-0.2, -0.15) is 0 Å². The number of benzene rings is 2. The van der Waals surface area contributed by atoms with Gasteiger partial charge in [-0.1, -0.05) is 25.1 Å². The van der Waals surface area contributed by atoms with Gasteiger partial charge in [-0.3, -0.25) is 4.79 Å². The number of para-hydroxylation sites is 1. The molecule has 0 aromatic heterocycles. The molecule has 2 aromatic rings. The molecule has 1 aliphatic rings. The summed E-state index contributed by atoms with van der Waals surface area (Å²) < 4.78 is 18.3. The number of anilines is 1. The van der Waals surface area contributed by atoms with Crippen LogP contribution in [0.1, 0.15) is 34.8 Å². The van der Waals surface area contributed by atoms with Crippen molar-refractivity contribution >= 4 is 11.6 Å². The number of carbonyl (C=O) groups is 1. The molecule has 25 heavy (non-hydrogen) atoms. The lowest BCUT2D eigenvalue weighted by Crippen LogP contribution is -2.38. The zero-order valence-electron chi connectivity index (χ0n) is 14.6. The van der Waals surface area contributed by atoms with E-state index in [9.17, 15) is 9.18 Å². The third-order valence-electron chi connectivity index (χ3n) is 4.60. The van der Waals surface area contributed by atoms with Gasteiger partial charge in [-0.15, -0.1) is 0 Å². The Balaban J connectivity index is 1.80. The third kappa shape index (κ3) is 3.58. The van der Waals surface area contributed by atoms with Gasteiger partial charge >= 0.3 is 0 Å². The molecular weight excluding hydrogens is 317 g/mol. The van der Waals surface area contributed by atoms with Crippen molar-refractivity contribution in [1.82, 2.24) is 0 Å². The van der Waals surface area contributed by atoms with E-state index in [1.165, 1.54) is 0 Å². The number of ether oxygens (including phenoxy) is 1. The van der Waals surface area contributed by atoms with Gasteiger partial charge in [0.1, 0.15) is 12.4 Å². The summed E-state index contributed by atoms with van der Waals surface area (Å²) in [4.78, 5) is 14.7. The number of amides is 1. The van der Waals surface area contributed by atoms with Gasteiger partial charge in [0.2, 0.25) is 0 Å². The van der Waals surface area contributed by atoms with Crippen LogP contribution < -0.4 is 9.64 Å². The second kappa shape index (κ2) is 7.51. The van der Waals surface area contributed by atoms with Crippen LogP contribution in [0.4, 0.5) is 10.1 Å². The maximum Gasteiger partial charge on any atom is 0.258 e. The normalized spacial score (nSPS) is 14.4. The molecule has 0 radical (unpaired) electrons. The van der Waals surface area contributed by atoms with Crippen molar-refractivity contribution in [3.63, 3.8) is 0 Å². The molecule has 0 bridgehead atoms. The lowest BCUT2D eigenvalue weighted by atomic mass is 9.97. The average molecular weight is 339 g/mol. The second-order valence-electron chi connectivity index (χ2n) is 6.22. The zero-order chi connectivity index (χ0) is 17.8. The minimum atomic E-state index is 0.0139. The maximum atomic E-state index is 12.9. The third-order valence-corrected chi connectivity index (χ3v) is 4.60. The van der Waals surface area contributed by atoms with Gasteiger partial charge in [0.15, 0.2) is 0 Å². The number of nitrogens with zero attached hydrogens (tertiary/aromatic N) is 1. The Kier molecular flexibility index (Phi) is 5.17. The summed E-state index contributed by atoms with van der Waals surface area (Å²) in [5.74, 6) is 0.684. The summed E-state index contributed by atoms with van der Waals surface area (Å²) in [6, 6.07) is 13.4. The fourth-order valence-electron chi connectivity index (χ4n) is 3.04. The highest BCUT2D eigenvalue weighted by molar-refractivity contribution is 6.08. The Hall–Kier alpha value is -2.62. The van der Waals surface area contributed by atoms with Gasteiger partial charge in [-0.05, 0) is 60.7 Å². The van der Waals surface area contributed by atoms with Crippen molar-refractivity contribution in [2.45, 2.75) is 26.7 Å². The van der Waals surface area contributed by atoms with Crippen LogP contribution in [0.25, 0.3) is 0 Å². The predicted octanol–water partition coefficient (Wildman–Crippen LogP) is 4.84. The molecular formula is C21H22FNO2. The van der Waals surface area contributed by atoms with Crippen LogP contribution in [0.5, 0.6) is 5.75 Å². The van der Waals surface area contributed by atoms with Crippen molar-refractivity contribution in [2.75, 3.05) is 18.1 Å². The minimum absolute atomic E-state index is 0.0139. The highest BCUT2D eigenvalue weighted by Gasteiger charge is 2.26. The molecule has 0 spiro atoms. The fraction of sp³-hybridized carbons (Fsp3) is 0.286. The topological polar surface area (TPSA) is 29.5 Å². The summed E-state index contributed by atoms with van der Waals surface area (Å²) in [6.07, 6.45) is 1.99. The summed E-state index contributed by atoms with van der Waals surface area (Å²) in [5.41, 5.74) is 4.34. The van der Waals surface area contributed by atoms with Gasteiger partial charge in [-0.25, -0.2) is 4.39 Å². The summed E-state index contributed by atoms with van der Waals surface area (Å²) >= 11 is 0. The number of fused-ring (bicyclic) bond motifs is 1. The Morgan fingerprint density at radius 1 is 1.28 bits per heavy atom. The Bertz CT molecular complexity index is 813. The maximum absolute atomic E-state index is 12.9. The van der Waals surface area contributed by atoms with E-state index < -0.39 is 0 Å². The van der Waals surface area contributed by atoms with E-state index in [0.29, 0.717) is 36.2 Å². The van der Waals surface area contributed by atoms with Crippen LogP contribution >= 0.6 is 0 Å². The number of rotatable bonds is 5. The molecule has 2 aromatic carbocycles. The zero-order valence-corrected chi connectivity index (χ0v) is 14.6. The predicted molar refractivity (Wildman–Crippen MR) is 98.0 cm³/mol. The van der Waals surface area contributed by atoms with E-state index in [4.69, 9.17) is 4.74 Å². The van der Waals surface area contributed by atoms with Crippen molar-refractivity contribution in [3.8, 4) is 5.75 Å². The second-order valence-corrected chi connectivity index (χ2v) is 6.22. The highest BCUT2D eigenvalue weighted by Crippen LogP contribution is 2.29. The fourth-order valence-corrected chi connectivity index (χ4v) is 3.04. The molecule has 0 saturated carbocycles. The van der Waals surface area contributed by atoms with E-state index in [0.717, 1.165) is 23.2 Å². The lowest BCUT2D eigenvalue weighted by molar-refractivity contribution is 0.0980.